The van der Waals surface area contributed by atoms with Crippen LogP contribution in [-0.4, -0.2) is 21.0 Å². The van der Waals surface area contributed by atoms with Crippen LogP contribution in [0.4, 0.5) is 4.39 Å². The van der Waals surface area contributed by atoms with E-state index in [-0.39, 0.29) is 10.9 Å². The van der Waals surface area contributed by atoms with E-state index in [1.54, 1.807) is 0 Å². The van der Waals surface area contributed by atoms with E-state index in [2.05, 4.69) is 10.0 Å². The monoisotopic (exact) mass is 316 g/mol. The summed E-state index contributed by atoms with van der Waals surface area (Å²) in [6.07, 6.45) is 2.59. The zero-order chi connectivity index (χ0) is 15.9. The largest absolute Gasteiger partial charge is 0.313 e. The maximum absolute atomic E-state index is 13.4. The Bertz CT molecular complexity index is 547. The Hall–Kier alpha value is -0.980. The van der Waals surface area contributed by atoms with Gasteiger partial charge < -0.3 is 5.32 Å². The summed E-state index contributed by atoms with van der Waals surface area (Å²) in [5.41, 5.74) is 0.584. The molecule has 120 valence electrons. The van der Waals surface area contributed by atoms with Crippen molar-refractivity contribution in [2.45, 2.75) is 57.5 Å². The quantitative estimate of drug-likeness (QED) is 0.689. The Morgan fingerprint density at radius 2 is 1.95 bits per heavy atom. The average molecular weight is 316 g/mol. The number of hydrogen-bond acceptors (Lipinski definition) is 3. The van der Waals surface area contributed by atoms with E-state index in [0.29, 0.717) is 12.1 Å². The number of nitrogens with one attached hydrogen (secondary N) is 2. The summed E-state index contributed by atoms with van der Waals surface area (Å²) in [7, 11) is -3.70. The molecule has 1 atom stereocenters. The van der Waals surface area contributed by atoms with E-state index in [0.717, 1.165) is 31.9 Å². The normalized spacial score (nSPS) is 13.3. The fourth-order valence-electron chi connectivity index (χ4n) is 2.14. The maximum Gasteiger partial charge on any atom is 0.241 e. The van der Waals surface area contributed by atoms with Gasteiger partial charge in [0.25, 0.3) is 0 Å². The van der Waals surface area contributed by atoms with E-state index in [1.165, 1.54) is 12.1 Å². The molecule has 6 heteroatoms. The Morgan fingerprint density at radius 3 is 2.57 bits per heavy atom. The highest BCUT2D eigenvalue weighted by atomic mass is 32.2. The van der Waals surface area contributed by atoms with E-state index in [1.807, 2.05) is 20.8 Å². The summed E-state index contributed by atoms with van der Waals surface area (Å²) in [4.78, 5) is 0.0223. The first-order valence-electron chi connectivity index (χ1n) is 7.42. The first-order valence-corrected chi connectivity index (χ1v) is 8.90. The van der Waals surface area contributed by atoms with E-state index in [4.69, 9.17) is 0 Å². The SMILES string of the molecule is CCCNCc1ccc(F)cc1S(=O)(=O)NC(C)CCC. The van der Waals surface area contributed by atoms with Crippen molar-refractivity contribution < 1.29 is 12.8 Å². The van der Waals surface area contributed by atoms with E-state index < -0.39 is 15.8 Å². The molecule has 0 aliphatic heterocycles. The molecule has 21 heavy (non-hydrogen) atoms. The molecular weight excluding hydrogens is 291 g/mol. The lowest BCUT2D eigenvalue weighted by molar-refractivity contribution is 0.540. The van der Waals surface area contributed by atoms with Crippen LogP contribution in [0.25, 0.3) is 0 Å². The van der Waals surface area contributed by atoms with Crippen LogP contribution in [0.5, 0.6) is 0 Å². The lowest BCUT2D eigenvalue weighted by atomic mass is 10.2. The molecule has 2 N–H and O–H groups in total. The lowest BCUT2D eigenvalue weighted by Crippen LogP contribution is -2.33. The minimum Gasteiger partial charge on any atom is -0.313 e. The van der Waals surface area contributed by atoms with Crippen molar-refractivity contribution in [2.24, 2.45) is 0 Å². The van der Waals surface area contributed by atoms with Gasteiger partial charge >= 0.3 is 0 Å². The third-order valence-corrected chi connectivity index (χ3v) is 4.81. The second-order valence-electron chi connectivity index (χ2n) is 5.24. The van der Waals surface area contributed by atoms with Gasteiger partial charge in [-0.25, -0.2) is 17.5 Å². The highest BCUT2D eigenvalue weighted by Gasteiger charge is 2.21. The fourth-order valence-corrected chi connectivity index (χ4v) is 3.67. The van der Waals surface area contributed by atoms with Gasteiger partial charge in [-0.05, 0) is 44.0 Å². The van der Waals surface area contributed by atoms with Gasteiger partial charge in [0.2, 0.25) is 10.0 Å². The van der Waals surface area contributed by atoms with Crippen LogP contribution in [0.1, 0.15) is 45.6 Å². The molecule has 0 aromatic heterocycles. The fraction of sp³-hybridized carbons (Fsp3) is 0.600. The molecular formula is C15H25FN2O2S. The van der Waals surface area contributed by atoms with Crippen LogP contribution in [0.2, 0.25) is 0 Å². The second-order valence-corrected chi connectivity index (χ2v) is 6.92. The molecule has 1 rings (SSSR count). The van der Waals surface area contributed by atoms with Gasteiger partial charge in [0.05, 0.1) is 4.90 Å². The molecule has 0 radical (unpaired) electrons. The Balaban J connectivity index is 3.00. The molecule has 0 saturated heterocycles. The summed E-state index contributed by atoms with van der Waals surface area (Å²) in [6, 6.07) is 3.73. The zero-order valence-corrected chi connectivity index (χ0v) is 13.8. The van der Waals surface area contributed by atoms with Crippen molar-refractivity contribution >= 4 is 10.0 Å². The Kier molecular flexibility index (Phi) is 7.28. The molecule has 0 fully saturated rings. The predicted octanol–water partition coefficient (Wildman–Crippen LogP) is 2.79. The number of halogens is 1. The molecule has 0 bridgehead atoms. The zero-order valence-electron chi connectivity index (χ0n) is 12.9. The van der Waals surface area contributed by atoms with Gasteiger partial charge in [-0.3, -0.25) is 0 Å². The molecule has 0 amide bonds. The summed E-state index contributed by atoms with van der Waals surface area (Å²) in [6.45, 7) is 7.04. The van der Waals surface area contributed by atoms with Gasteiger partial charge in [-0.15, -0.1) is 0 Å². The minimum absolute atomic E-state index is 0.0223. The standard InChI is InChI=1S/C15H25FN2O2S/c1-4-6-12(3)18-21(19,20)15-10-14(16)8-7-13(15)11-17-9-5-2/h7-8,10,12,17-18H,4-6,9,11H2,1-3H3. The third kappa shape index (κ3) is 5.73. The van der Waals surface area contributed by atoms with Crippen molar-refractivity contribution in [1.29, 1.82) is 0 Å². The molecule has 1 aromatic carbocycles. The number of sulfonamides is 1. The van der Waals surface area contributed by atoms with Crippen LogP contribution < -0.4 is 10.0 Å². The smallest absolute Gasteiger partial charge is 0.241 e. The summed E-state index contributed by atoms with van der Waals surface area (Å²) in [5, 5.41) is 3.15. The number of rotatable bonds is 9. The van der Waals surface area contributed by atoms with Gasteiger partial charge in [0, 0.05) is 12.6 Å². The number of benzene rings is 1. The summed E-state index contributed by atoms with van der Waals surface area (Å²) in [5.74, 6) is -0.544. The Labute approximate surface area is 127 Å². The topological polar surface area (TPSA) is 58.2 Å². The van der Waals surface area contributed by atoms with Crippen molar-refractivity contribution in [2.75, 3.05) is 6.54 Å². The van der Waals surface area contributed by atoms with Crippen molar-refractivity contribution in [3.63, 3.8) is 0 Å². The van der Waals surface area contributed by atoms with Crippen LogP contribution in [0.15, 0.2) is 23.1 Å². The summed E-state index contributed by atoms with van der Waals surface area (Å²) >= 11 is 0. The predicted molar refractivity (Wildman–Crippen MR) is 83.1 cm³/mol. The average Bonchev–Trinajstić information content (AvgIpc) is 2.40. The minimum atomic E-state index is -3.70. The molecule has 0 heterocycles. The van der Waals surface area contributed by atoms with Crippen LogP contribution in [0, 0.1) is 5.82 Å². The van der Waals surface area contributed by atoms with Gasteiger partial charge in [-0.1, -0.05) is 26.3 Å². The molecule has 0 saturated carbocycles. The molecule has 1 unspecified atom stereocenters. The van der Waals surface area contributed by atoms with Crippen molar-refractivity contribution in [3.8, 4) is 0 Å². The van der Waals surface area contributed by atoms with Crippen LogP contribution in [-0.2, 0) is 16.6 Å². The van der Waals surface area contributed by atoms with Crippen LogP contribution in [0.3, 0.4) is 0 Å². The summed E-state index contributed by atoms with van der Waals surface area (Å²) < 4.78 is 40.9. The first kappa shape index (κ1) is 18.1. The van der Waals surface area contributed by atoms with Crippen molar-refractivity contribution in [3.05, 3.63) is 29.6 Å². The van der Waals surface area contributed by atoms with Gasteiger partial charge in [0.1, 0.15) is 5.82 Å². The molecule has 0 spiro atoms. The lowest BCUT2D eigenvalue weighted by Gasteiger charge is -2.16. The maximum atomic E-state index is 13.4. The molecule has 4 nitrogen and oxygen atoms in total. The first-order chi connectivity index (χ1) is 9.90. The van der Waals surface area contributed by atoms with Crippen molar-refractivity contribution in [1.82, 2.24) is 10.0 Å². The molecule has 1 aromatic rings. The second kappa shape index (κ2) is 8.46. The molecule has 0 aliphatic rings. The highest BCUT2D eigenvalue weighted by Crippen LogP contribution is 2.18. The third-order valence-electron chi connectivity index (χ3n) is 3.14. The van der Waals surface area contributed by atoms with E-state index in [9.17, 15) is 12.8 Å². The molecule has 0 aliphatic carbocycles. The van der Waals surface area contributed by atoms with Gasteiger partial charge in [0.15, 0.2) is 0 Å². The highest BCUT2D eigenvalue weighted by molar-refractivity contribution is 7.89. The van der Waals surface area contributed by atoms with E-state index >= 15 is 0 Å². The van der Waals surface area contributed by atoms with Crippen LogP contribution >= 0.6 is 0 Å². The Morgan fingerprint density at radius 1 is 1.24 bits per heavy atom. The number of hydrogen-bond donors (Lipinski definition) is 2. The van der Waals surface area contributed by atoms with Gasteiger partial charge in [-0.2, -0.15) is 0 Å².